The molecule has 6 aromatic rings. The van der Waals surface area contributed by atoms with Gasteiger partial charge in [-0.15, -0.1) is 0 Å². The van der Waals surface area contributed by atoms with Crippen molar-refractivity contribution in [2.45, 2.75) is 58.8 Å². The van der Waals surface area contributed by atoms with E-state index in [2.05, 4.69) is 131 Å². The van der Waals surface area contributed by atoms with Crippen molar-refractivity contribution in [3.8, 4) is 17.1 Å². The molecule has 6 rings (SSSR count). The molecule has 196 valence electrons. The molecule has 0 aliphatic carbocycles. The summed E-state index contributed by atoms with van der Waals surface area (Å²) in [4.78, 5) is 5.39. The van der Waals surface area contributed by atoms with Crippen LogP contribution in [0, 0.1) is 0 Å². The predicted molar refractivity (Wildman–Crippen MR) is 163 cm³/mol. The Kier molecular flexibility index (Phi) is 6.18. The normalized spacial score (nSPS) is 12.3. The molecule has 0 fully saturated rings. The molecule has 0 saturated carbocycles. The van der Waals surface area contributed by atoms with E-state index in [1.165, 1.54) is 16.8 Å². The van der Waals surface area contributed by atoms with Gasteiger partial charge >= 0.3 is 0 Å². The van der Waals surface area contributed by atoms with Crippen LogP contribution in [-0.2, 0) is 5.41 Å². The van der Waals surface area contributed by atoms with Gasteiger partial charge in [-0.3, -0.25) is 4.57 Å². The van der Waals surface area contributed by atoms with E-state index >= 15 is 0 Å². The zero-order valence-corrected chi connectivity index (χ0v) is 23.7. The highest BCUT2D eigenvalue weighted by Gasteiger charge is 2.32. The number of para-hydroxylation sites is 3. The van der Waals surface area contributed by atoms with Crippen molar-refractivity contribution in [2.75, 3.05) is 0 Å². The maximum Gasteiger partial charge on any atom is 0.144 e. The van der Waals surface area contributed by atoms with Crippen molar-refractivity contribution in [1.29, 1.82) is 0 Å². The second-order valence-corrected chi connectivity index (χ2v) is 11.7. The molecule has 0 aliphatic heterocycles. The van der Waals surface area contributed by atoms with Crippen molar-refractivity contribution in [1.82, 2.24) is 9.55 Å². The first-order chi connectivity index (χ1) is 18.8. The van der Waals surface area contributed by atoms with Gasteiger partial charge in [-0.05, 0) is 42.9 Å². The second kappa shape index (κ2) is 9.57. The average molecular weight is 513 g/mol. The first-order valence-electron chi connectivity index (χ1n) is 14.0. The molecule has 3 heteroatoms. The van der Waals surface area contributed by atoms with E-state index in [9.17, 15) is 0 Å². The summed E-state index contributed by atoms with van der Waals surface area (Å²) in [5.41, 5.74) is 8.63. The Labute approximate surface area is 231 Å². The maximum absolute atomic E-state index is 6.46. The lowest BCUT2D eigenvalue weighted by Gasteiger charge is -2.24. The summed E-state index contributed by atoms with van der Waals surface area (Å²) in [7, 11) is 0. The van der Waals surface area contributed by atoms with Gasteiger partial charge in [-0.1, -0.05) is 113 Å². The summed E-state index contributed by atoms with van der Waals surface area (Å²) in [6.07, 6.45) is 2.26. The molecule has 0 N–H and O–H groups in total. The van der Waals surface area contributed by atoms with Gasteiger partial charge in [0.05, 0.1) is 11.4 Å². The Hall–Kier alpha value is -4.11. The SMILES string of the molecule is CC(C)c1cccc(C(C)C)c1-n1cc(C(C)(C)c2cccc3c2oc2ccccc23)nc1-c1ccccc1. The smallest absolute Gasteiger partial charge is 0.144 e. The van der Waals surface area contributed by atoms with Gasteiger partial charge < -0.3 is 4.42 Å². The molecule has 0 atom stereocenters. The first kappa shape index (κ1) is 25.2. The lowest BCUT2D eigenvalue weighted by atomic mass is 9.81. The van der Waals surface area contributed by atoms with Crippen LogP contribution in [0.3, 0.4) is 0 Å². The Morgan fingerprint density at radius 2 is 1.31 bits per heavy atom. The minimum absolute atomic E-state index is 0.380. The number of hydrogen-bond acceptors (Lipinski definition) is 2. The van der Waals surface area contributed by atoms with Gasteiger partial charge in [0.1, 0.15) is 17.0 Å². The third-order valence-corrected chi connectivity index (χ3v) is 8.04. The van der Waals surface area contributed by atoms with Crippen LogP contribution in [0.5, 0.6) is 0 Å². The number of aromatic nitrogens is 2. The van der Waals surface area contributed by atoms with E-state index in [0.717, 1.165) is 44.6 Å². The number of fused-ring (bicyclic) bond motifs is 3. The summed E-state index contributed by atoms with van der Waals surface area (Å²) in [6.45, 7) is 13.6. The molecule has 0 unspecified atom stereocenters. The lowest BCUT2D eigenvalue weighted by Crippen LogP contribution is -2.19. The lowest BCUT2D eigenvalue weighted by molar-refractivity contribution is 0.595. The monoisotopic (exact) mass is 512 g/mol. The second-order valence-electron chi connectivity index (χ2n) is 11.7. The Bertz CT molecular complexity index is 1760. The summed E-state index contributed by atoms with van der Waals surface area (Å²) >= 11 is 0. The number of imidazole rings is 1. The highest BCUT2D eigenvalue weighted by atomic mass is 16.3. The van der Waals surface area contributed by atoms with E-state index in [1.807, 2.05) is 12.1 Å². The summed E-state index contributed by atoms with van der Waals surface area (Å²) in [5.74, 6) is 1.72. The van der Waals surface area contributed by atoms with Gasteiger partial charge in [0.2, 0.25) is 0 Å². The van der Waals surface area contributed by atoms with Crippen LogP contribution in [0.15, 0.2) is 102 Å². The number of nitrogens with zero attached hydrogens (tertiary/aromatic N) is 2. The van der Waals surface area contributed by atoms with Crippen LogP contribution < -0.4 is 0 Å². The molecule has 2 aromatic heterocycles. The Morgan fingerprint density at radius 3 is 2.00 bits per heavy atom. The van der Waals surface area contributed by atoms with Gasteiger partial charge in [0.15, 0.2) is 0 Å². The molecule has 3 nitrogen and oxygen atoms in total. The molecule has 2 heterocycles. The van der Waals surface area contributed by atoms with Crippen molar-refractivity contribution >= 4 is 21.9 Å². The molecule has 0 aliphatic rings. The van der Waals surface area contributed by atoms with E-state index in [1.54, 1.807) is 0 Å². The predicted octanol–water partition coefficient (Wildman–Crippen LogP) is 10.0. The van der Waals surface area contributed by atoms with Crippen LogP contribution >= 0.6 is 0 Å². The fraction of sp³-hybridized carbons (Fsp3) is 0.250. The number of benzene rings is 4. The van der Waals surface area contributed by atoms with Gasteiger partial charge in [0, 0.05) is 33.5 Å². The minimum Gasteiger partial charge on any atom is -0.456 e. The van der Waals surface area contributed by atoms with Crippen LogP contribution in [0.4, 0.5) is 0 Å². The molecular weight excluding hydrogens is 476 g/mol. The van der Waals surface area contributed by atoms with Crippen molar-refractivity contribution < 1.29 is 4.42 Å². The number of rotatable bonds is 6. The molecule has 0 spiro atoms. The summed E-state index contributed by atoms with van der Waals surface area (Å²) in [5, 5.41) is 2.29. The average Bonchev–Trinajstić information content (AvgIpc) is 3.55. The third-order valence-electron chi connectivity index (χ3n) is 8.04. The number of hydrogen-bond donors (Lipinski definition) is 0. The molecule has 0 saturated heterocycles. The summed E-state index contributed by atoms with van der Waals surface area (Å²) < 4.78 is 8.81. The minimum atomic E-state index is -0.396. The highest BCUT2D eigenvalue weighted by molar-refractivity contribution is 6.06. The first-order valence-corrected chi connectivity index (χ1v) is 14.0. The van der Waals surface area contributed by atoms with Gasteiger partial charge in [0.25, 0.3) is 0 Å². The topological polar surface area (TPSA) is 31.0 Å². The van der Waals surface area contributed by atoms with Crippen LogP contribution in [-0.4, -0.2) is 9.55 Å². The maximum atomic E-state index is 6.46. The van der Waals surface area contributed by atoms with Gasteiger partial charge in [-0.25, -0.2) is 4.98 Å². The number of furan rings is 1. The fourth-order valence-corrected chi connectivity index (χ4v) is 5.81. The summed E-state index contributed by atoms with van der Waals surface area (Å²) in [6, 6.07) is 32.0. The van der Waals surface area contributed by atoms with E-state index in [4.69, 9.17) is 9.40 Å². The molecule has 0 amide bonds. The van der Waals surface area contributed by atoms with Crippen LogP contribution in [0.1, 0.15) is 75.8 Å². The zero-order chi connectivity index (χ0) is 27.3. The quantitative estimate of drug-likeness (QED) is 0.222. The largest absolute Gasteiger partial charge is 0.456 e. The highest BCUT2D eigenvalue weighted by Crippen LogP contribution is 2.41. The van der Waals surface area contributed by atoms with E-state index in [0.29, 0.717) is 11.8 Å². The standard InChI is InChI=1S/C36H36N2O/c1-23(2)26-17-12-18-27(24(3)4)33(26)38-22-32(37-35(38)25-14-8-7-9-15-25)36(5,6)30-20-13-19-29-28-16-10-11-21-31(28)39-34(29)30/h7-24H,1-6H3. The Balaban J connectivity index is 1.62. The fourth-order valence-electron chi connectivity index (χ4n) is 5.81. The molecule has 0 bridgehead atoms. The van der Waals surface area contributed by atoms with Crippen molar-refractivity contribution in [3.05, 3.63) is 120 Å². The van der Waals surface area contributed by atoms with E-state index < -0.39 is 5.41 Å². The van der Waals surface area contributed by atoms with Crippen LogP contribution in [0.25, 0.3) is 39.0 Å². The van der Waals surface area contributed by atoms with Crippen molar-refractivity contribution in [2.24, 2.45) is 0 Å². The van der Waals surface area contributed by atoms with Gasteiger partial charge in [-0.2, -0.15) is 0 Å². The van der Waals surface area contributed by atoms with Crippen LogP contribution in [0.2, 0.25) is 0 Å². The zero-order valence-electron chi connectivity index (χ0n) is 23.7. The van der Waals surface area contributed by atoms with Crippen molar-refractivity contribution in [3.63, 3.8) is 0 Å². The molecule has 4 aromatic carbocycles. The van der Waals surface area contributed by atoms with E-state index in [-0.39, 0.29) is 0 Å². The third kappa shape index (κ3) is 4.17. The molecule has 39 heavy (non-hydrogen) atoms. The molecule has 0 radical (unpaired) electrons. The Morgan fingerprint density at radius 1 is 0.692 bits per heavy atom. The molecular formula is C36H36N2O.